The highest BCUT2D eigenvalue weighted by atomic mass is 19.1. The molecule has 1 amide bonds. The summed E-state index contributed by atoms with van der Waals surface area (Å²) in [7, 11) is 0. The highest BCUT2D eigenvalue weighted by molar-refractivity contribution is 6.03. The van der Waals surface area contributed by atoms with Gasteiger partial charge in [-0.25, -0.2) is 9.18 Å². The SMILES string of the molecule is C=CCCOC(=O)N(Cc1ccc(F)cc1)[C@H]1CC(=NOCc2ccccc2)C2=C[C@H](CCCCO)[C@@H](CCCCO)[C@@H]3c4cc(OCc5cccc(C)n5)ccc4O[C@@]1(OCC=C)[C@H]23. The summed E-state index contributed by atoms with van der Waals surface area (Å²) in [5.41, 5.74) is 5.80. The highest BCUT2D eigenvalue weighted by Gasteiger charge is 2.65. The van der Waals surface area contributed by atoms with Crippen LogP contribution in [0.3, 0.4) is 0 Å². The number of aliphatic hydroxyl groups is 2. The summed E-state index contributed by atoms with van der Waals surface area (Å²) in [6, 6.07) is 26.7. The van der Waals surface area contributed by atoms with Crippen LogP contribution in [0, 0.1) is 30.5 Å². The molecule has 1 fully saturated rings. The van der Waals surface area contributed by atoms with Crippen molar-refractivity contribution < 1.29 is 43.2 Å². The van der Waals surface area contributed by atoms with Gasteiger partial charge in [-0.1, -0.05) is 84.8 Å². The van der Waals surface area contributed by atoms with Crippen LogP contribution < -0.4 is 9.47 Å². The van der Waals surface area contributed by atoms with Crippen molar-refractivity contribution in [1.29, 1.82) is 0 Å². The van der Waals surface area contributed by atoms with Crippen LogP contribution in [-0.4, -0.2) is 70.2 Å². The third-order valence-electron chi connectivity index (χ3n) is 12.7. The molecular formula is C53H62FN3O8. The van der Waals surface area contributed by atoms with Gasteiger partial charge in [0.15, 0.2) is 0 Å². The Morgan fingerprint density at radius 2 is 1.72 bits per heavy atom. The third-order valence-corrected chi connectivity index (χ3v) is 12.7. The Hall–Kier alpha value is -5.82. The zero-order valence-electron chi connectivity index (χ0n) is 37.4. The molecule has 12 heteroatoms. The van der Waals surface area contributed by atoms with Crippen LogP contribution >= 0.6 is 0 Å². The fourth-order valence-corrected chi connectivity index (χ4v) is 9.74. The molecule has 6 atom stereocenters. The van der Waals surface area contributed by atoms with Gasteiger partial charge in [-0.05, 0) is 110 Å². The van der Waals surface area contributed by atoms with Gasteiger partial charge in [0.05, 0.1) is 30.5 Å². The number of amides is 1. The zero-order valence-corrected chi connectivity index (χ0v) is 37.4. The number of carbonyl (C=O) groups excluding carboxylic acids is 1. The van der Waals surface area contributed by atoms with E-state index in [1.54, 1.807) is 29.2 Å². The van der Waals surface area contributed by atoms with Gasteiger partial charge in [-0.2, -0.15) is 0 Å². The maximum Gasteiger partial charge on any atom is 0.410 e. The lowest BCUT2D eigenvalue weighted by Gasteiger charge is -2.59. The molecule has 1 aliphatic heterocycles. The number of halogens is 1. The van der Waals surface area contributed by atoms with Crippen LogP contribution in [0.25, 0.3) is 0 Å². The van der Waals surface area contributed by atoms with Crippen molar-refractivity contribution in [2.75, 3.05) is 26.4 Å². The van der Waals surface area contributed by atoms with Gasteiger partial charge < -0.3 is 34.0 Å². The van der Waals surface area contributed by atoms with Gasteiger partial charge in [-0.15, -0.1) is 13.2 Å². The van der Waals surface area contributed by atoms with E-state index >= 15 is 0 Å². The van der Waals surface area contributed by atoms with E-state index in [2.05, 4.69) is 30.3 Å². The lowest BCUT2D eigenvalue weighted by atomic mass is 9.55. The Balaban J connectivity index is 1.43. The number of fused-ring (bicyclic) bond motifs is 2. The first-order chi connectivity index (χ1) is 31.8. The molecule has 65 heavy (non-hydrogen) atoms. The molecule has 0 unspecified atom stereocenters. The smallest absolute Gasteiger partial charge is 0.410 e. The minimum absolute atomic E-state index is 0.00682. The van der Waals surface area contributed by atoms with Crippen LogP contribution in [0.15, 0.2) is 133 Å². The van der Waals surface area contributed by atoms with Gasteiger partial charge >= 0.3 is 6.09 Å². The Morgan fingerprint density at radius 1 is 0.938 bits per heavy atom. The number of oxime groups is 1. The van der Waals surface area contributed by atoms with E-state index in [9.17, 15) is 19.4 Å². The molecule has 1 aromatic heterocycles. The average molecular weight is 888 g/mol. The summed E-state index contributed by atoms with van der Waals surface area (Å²) in [5, 5.41) is 24.9. The van der Waals surface area contributed by atoms with Gasteiger partial charge in [0.25, 0.3) is 0 Å². The van der Waals surface area contributed by atoms with Gasteiger partial charge in [0.1, 0.15) is 36.6 Å². The predicted molar refractivity (Wildman–Crippen MR) is 248 cm³/mol. The maximum absolute atomic E-state index is 14.7. The summed E-state index contributed by atoms with van der Waals surface area (Å²) in [6.07, 6.45) is 10.1. The molecule has 0 spiro atoms. The van der Waals surface area contributed by atoms with E-state index in [4.69, 9.17) is 28.9 Å². The summed E-state index contributed by atoms with van der Waals surface area (Å²) in [4.78, 5) is 27.2. The van der Waals surface area contributed by atoms with Crippen LogP contribution in [-0.2, 0) is 34.1 Å². The molecule has 344 valence electrons. The fraction of sp³-hybridized carbons (Fsp3) is 0.415. The first-order valence-electron chi connectivity index (χ1n) is 22.9. The molecule has 3 aromatic carbocycles. The topological polar surface area (TPSA) is 132 Å². The number of allylic oxidation sites excluding steroid dienone is 1. The molecule has 2 N–H and O–H groups in total. The normalized spacial score (nSPS) is 22.4. The third kappa shape index (κ3) is 11.4. The maximum atomic E-state index is 14.7. The highest BCUT2D eigenvalue weighted by Crippen LogP contribution is 2.62. The molecule has 3 aliphatic rings. The molecule has 7 rings (SSSR count). The average Bonchev–Trinajstić information content (AvgIpc) is 3.32. The monoisotopic (exact) mass is 887 g/mol. The fourth-order valence-electron chi connectivity index (χ4n) is 9.74. The number of hydrogen-bond donors (Lipinski definition) is 2. The number of unbranched alkanes of at least 4 members (excludes halogenated alkanes) is 2. The summed E-state index contributed by atoms with van der Waals surface area (Å²) >= 11 is 0. The second-order valence-electron chi connectivity index (χ2n) is 17.0. The number of aromatic nitrogens is 1. The Morgan fingerprint density at radius 3 is 2.46 bits per heavy atom. The summed E-state index contributed by atoms with van der Waals surface area (Å²) in [6.45, 7) is 10.7. The number of aliphatic hydroxyl groups excluding tert-OH is 2. The first-order valence-corrected chi connectivity index (χ1v) is 22.9. The lowest BCUT2D eigenvalue weighted by molar-refractivity contribution is -0.256. The number of nitrogens with zero attached hydrogens (tertiary/aromatic N) is 3. The molecule has 2 heterocycles. The predicted octanol–water partition coefficient (Wildman–Crippen LogP) is 10.2. The molecule has 4 aromatic rings. The number of ether oxygens (including phenoxy) is 4. The molecule has 2 aliphatic carbocycles. The van der Waals surface area contributed by atoms with E-state index in [0.717, 1.165) is 53.8 Å². The standard InChI is InChI=1S/C53H62FN3O8/c1-4-6-30-61-52(60)57(34-38-21-23-41(54)24-22-38)49-33-47(56-64-35-39-16-8-7-9-17-39)45-31-40(18-10-12-27-58)44(20-11-13-28-59)50-46-32-43(62-36-42-19-14-15-37(3)55-42)25-26-48(46)65-53(49,51(45)50)63-29-5-2/h4-5,7-9,14-17,19,21-26,31-32,40,44,49-51,58-59H,1-2,6,10-13,18,20,27-30,33-36H2,3H3/t40-,44+,49-,50+,51+,53+/m0/s1. The zero-order chi connectivity index (χ0) is 45.6. The van der Waals surface area contributed by atoms with Crippen molar-refractivity contribution in [3.63, 3.8) is 0 Å². The van der Waals surface area contributed by atoms with Crippen molar-refractivity contribution in [1.82, 2.24) is 9.88 Å². The Bertz CT molecular complexity index is 2270. The molecule has 0 radical (unpaired) electrons. The number of benzene rings is 3. The molecular weight excluding hydrogens is 826 g/mol. The van der Waals surface area contributed by atoms with E-state index in [1.807, 2.05) is 67.6 Å². The minimum Gasteiger partial charge on any atom is -0.487 e. The van der Waals surface area contributed by atoms with E-state index in [0.29, 0.717) is 42.0 Å². The molecule has 11 nitrogen and oxygen atoms in total. The van der Waals surface area contributed by atoms with Crippen LogP contribution in [0.2, 0.25) is 0 Å². The Labute approximate surface area is 382 Å². The number of aryl methyl sites for hydroxylation is 1. The molecule has 0 saturated heterocycles. The van der Waals surface area contributed by atoms with Gasteiger partial charge in [-0.3, -0.25) is 9.88 Å². The molecule has 0 bridgehead atoms. The lowest BCUT2D eigenvalue weighted by Crippen LogP contribution is -2.70. The summed E-state index contributed by atoms with van der Waals surface area (Å²) < 4.78 is 41.3. The number of hydrogen-bond acceptors (Lipinski definition) is 10. The van der Waals surface area contributed by atoms with Crippen LogP contribution in [0.5, 0.6) is 11.5 Å². The summed E-state index contributed by atoms with van der Waals surface area (Å²) in [5.74, 6) is -1.45. The van der Waals surface area contributed by atoms with Gasteiger partial charge in [0.2, 0.25) is 5.79 Å². The molecule has 1 saturated carbocycles. The van der Waals surface area contributed by atoms with Crippen molar-refractivity contribution in [2.24, 2.45) is 22.9 Å². The Kier molecular flexibility index (Phi) is 16.6. The number of carbonyl (C=O) groups is 1. The van der Waals surface area contributed by atoms with E-state index < -0.39 is 29.7 Å². The van der Waals surface area contributed by atoms with E-state index in [1.165, 1.54) is 12.1 Å². The first kappa shape index (κ1) is 47.2. The van der Waals surface area contributed by atoms with Crippen LogP contribution in [0.1, 0.15) is 85.4 Å². The quantitative estimate of drug-likeness (QED) is 0.0424. The largest absolute Gasteiger partial charge is 0.487 e. The van der Waals surface area contributed by atoms with Crippen molar-refractivity contribution >= 4 is 11.8 Å². The van der Waals surface area contributed by atoms with Crippen molar-refractivity contribution in [2.45, 2.75) is 95.8 Å². The number of pyridine rings is 1. The van der Waals surface area contributed by atoms with Crippen molar-refractivity contribution in [3.05, 3.63) is 162 Å². The second-order valence-corrected chi connectivity index (χ2v) is 17.0. The van der Waals surface area contributed by atoms with Crippen molar-refractivity contribution in [3.8, 4) is 11.5 Å². The number of rotatable bonds is 23. The van der Waals surface area contributed by atoms with Gasteiger partial charge in [0, 0.05) is 43.4 Å². The second kappa shape index (κ2) is 22.9. The van der Waals surface area contributed by atoms with Crippen LogP contribution in [0.4, 0.5) is 9.18 Å². The minimum atomic E-state index is -1.52. The van der Waals surface area contributed by atoms with E-state index in [-0.39, 0.29) is 70.4 Å².